The van der Waals surface area contributed by atoms with Gasteiger partial charge in [0, 0.05) is 25.6 Å². The average Bonchev–Trinajstić information content (AvgIpc) is 2.53. The molecule has 0 aliphatic heterocycles. The van der Waals surface area contributed by atoms with Crippen LogP contribution in [0.15, 0.2) is 30.3 Å². The number of nitrogens with two attached hydrogens (primary N) is 1. The van der Waals surface area contributed by atoms with E-state index >= 15 is 0 Å². The van der Waals surface area contributed by atoms with Gasteiger partial charge in [0.1, 0.15) is 5.82 Å². The number of para-hydroxylation sites is 1. The molecule has 0 saturated carbocycles. The number of nitrogens with zero attached hydrogens (tertiary/aromatic N) is 1. The fraction of sp³-hybridized carbons (Fsp3) is 0.333. The summed E-state index contributed by atoms with van der Waals surface area (Å²) < 4.78 is 4.98. The smallest absolute Gasteiger partial charge is 0.252 e. The lowest BCUT2D eigenvalue weighted by Gasteiger charge is -2.10. The Labute approximate surface area is 123 Å². The van der Waals surface area contributed by atoms with E-state index in [2.05, 4.69) is 15.7 Å². The number of fused-ring (bicyclic) bond motifs is 1. The summed E-state index contributed by atoms with van der Waals surface area (Å²) >= 11 is 0. The molecular weight excluding hydrogens is 268 g/mol. The highest BCUT2D eigenvalue weighted by Gasteiger charge is 2.12. The second-order valence-electron chi connectivity index (χ2n) is 4.67. The van der Waals surface area contributed by atoms with Crippen LogP contribution in [0, 0.1) is 0 Å². The zero-order valence-corrected chi connectivity index (χ0v) is 12.1. The van der Waals surface area contributed by atoms with Gasteiger partial charge >= 0.3 is 0 Å². The maximum atomic E-state index is 12.3. The van der Waals surface area contributed by atoms with E-state index in [0.29, 0.717) is 24.5 Å². The van der Waals surface area contributed by atoms with Crippen molar-refractivity contribution in [2.45, 2.75) is 12.8 Å². The Morgan fingerprint density at radius 2 is 2.14 bits per heavy atom. The minimum absolute atomic E-state index is 0.123. The van der Waals surface area contributed by atoms with Crippen LogP contribution >= 0.6 is 0 Å². The van der Waals surface area contributed by atoms with Crippen LogP contribution in [0.1, 0.15) is 23.2 Å². The SMILES string of the molecule is COCCCCNC(=O)c1cc(NN)nc2ccccc12. The number of benzene rings is 1. The number of carbonyl (C=O) groups excluding carboxylic acids is 1. The van der Waals surface area contributed by atoms with Crippen molar-refractivity contribution in [3.05, 3.63) is 35.9 Å². The number of hydrazine groups is 1. The van der Waals surface area contributed by atoms with E-state index in [1.54, 1.807) is 13.2 Å². The van der Waals surface area contributed by atoms with E-state index in [4.69, 9.17) is 10.6 Å². The quantitative estimate of drug-likeness (QED) is 0.410. The Balaban J connectivity index is 2.14. The number of unbranched alkanes of at least 4 members (excludes halogenated alkanes) is 1. The Bertz CT molecular complexity index is 616. The maximum Gasteiger partial charge on any atom is 0.252 e. The number of nitrogens with one attached hydrogen (secondary N) is 2. The first kappa shape index (κ1) is 15.2. The van der Waals surface area contributed by atoms with E-state index in [1.807, 2.05) is 24.3 Å². The largest absolute Gasteiger partial charge is 0.385 e. The first-order valence-electron chi connectivity index (χ1n) is 6.90. The number of rotatable bonds is 7. The van der Waals surface area contributed by atoms with E-state index in [9.17, 15) is 4.79 Å². The Morgan fingerprint density at radius 3 is 2.90 bits per heavy atom. The number of methoxy groups -OCH3 is 1. The van der Waals surface area contributed by atoms with Crippen molar-refractivity contribution in [3.8, 4) is 0 Å². The topological polar surface area (TPSA) is 89.3 Å². The Hall–Kier alpha value is -2.18. The van der Waals surface area contributed by atoms with Gasteiger partial charge in [-0.1, -0.05) is 18.2 Å². The molecule has 4 N–H and O–H groups in total. The summed E-state index contributed by atoms with van der Waals surface area (Å²) in [5.41, 5.74) is 3.79. The first-order valence-corrected chi connectivity index (χ1v) is 6.90. The molecule has 2 rings (SSSR count). The number of hydrogen-bond acceptors (Lipinski definition) is 5. The molecule has 112 valence electrons. The van der Waals surface area contributed by atoms with Crippen molar-refractivity contribution in [3.63, 3.8) is 0 Å². The van der Waals surface area contributed by atoms with Gasteiger partial charge in [0.15, 0.2) is 0 Å². The molecule has 1 aromatic carbocycles. The molecule has 6 nitrogen and oxygen atoms in total. The number of carbonyl (C=O) groups is 1. The summed E-state index contributed by atoms with van der Waals surface area (Å²) in [5, 5.41) is 3.72. The molecule has 1 amide bonds. The van der Waals surface area contributed by atoms with Crippen LogP contribution in [0.3, 0.4) is 0 Å². The highest BCUT2D eigenvalue weighted by Crippen LogP contribution is 2.20. The number of hydrogen-bond donors (Lipinski definition) is 3. The van der Waals surface area contributed by atoms with E-state index < -0.39 is 0 Å². The summed E-state index contributed by atoms with van der Waals surface area (Å²) in [4.78, 5) is 16.6. The minimum atomic E-state index is -0.123. The molecule has 0 saturated heterocycles. The monoisotopic (exact) mass is 288 g/mol. The predicted octanol–water partition coefficient (Wildman–Crippen LogP) is 1.68. The van der Waals surface area contributed by atoms with Gasteiger partial charge in [-0.25, -0.2) is 10.8 Å². The van der Waals surface area contributed by atoms with Crippen LogP contribution in [-0.4, -0.2) is 31.2 Å². The number of aromatic nitrogens is 1. The van der Waals surface area contributed by atoms with Crippen LogP contribution in [-0.2, 0) is 4.74 Å². The maximum absolute atomic E-state index is 12.3. The third-order valence-electron chi connectivity index (χ3n) is 3.17. The zero-order valence-electron chi connectivity index (χ0n) is 12.1. The summed E-state index contributed by atoms with van der Waals surface area (Å²) in [7, 11) is 1.67. The molecular formula is C15H20N4O2. The minimum Gasteiger partial charge on any atom is -0.385 e. The van der Waals surface area contributed by atoms with E-state index in [-0.39, 0.29) is 5.91 Å². The van der Waals surface area contributed by atoms with Gasteiger partial charge < -0.3 is 15.5 Å². The summed E-state index contributed by atoms with van der Waals surface area (Å²) in [5.74, 6) is 5.75. The molecule has 0 bridgehead atoms. The van der Waals surface area contributed by atoms with Gasteiger partial charge in [0.2, 0.25) is 0 Å². The van der Waals surface area contributed by atoms with Crippen LogP contribution in [0.25, 0.3) is 10.9 Å². The summed E-state index contributed by atoms with van der Waals surface area (Å²) in [6, 6.07) is 9.15. The Kier molecular flexibility index (Phi) is 5.48. The van der Waals surface area contributed by atoms with Crippen LogP contribution in [0.4, 0.5) is 5.82 Å². The standard InChI is InChI=1S/C15H20N4O2/c1-21-9-5-4-8-17-15(20)12-10-14(19-16)18-13-7-3-2-6-11(12)13/h2-3,6-7,10H,4-5,8-9,16H2,1H3,(H,17,20)(H,18,19). The Morgan fingerprint density at radius 1 is 1.33 bits per heavy atom. The van der Waals surface area contributed by atoms with Crippen molar-refractivity contribution in [1.29, 1.82) is 0 Å². The normalized spacial score (nSPS) is 10.6. The molecule has 0 spiro atoms. The highest BCUT2D eigenvalue weighted by molar-refractivity contribution is 6.06. The van der Waals surface area contributed by atoms with Gasteiger partial charge in [-0.05, 0) is 25.0 Å². The second kappa shape index (κ2) is 7.56. The first-order chi connectivity index (χ1) is 10.3. The van der Waals surface area contributed by atoms with Gasteiger partial charge in [-0.15, -0.1) is 0 Å². The van der Waals surface area contributed by atoms with Crippen molar-refractivity contribution in [2.75, 3.05) is 25.7 Å². The van der Waals surface area contributed by atoms with Crippen molar-refractivity contribution >= 4 is 22.6 Å². The van der Waals surface area contributed by atoms with E-state index in [1.165, 1.54) is 0 Å². The third kappa shape index (κ3) is 3.90. The van der Waals surface area contributed by atoms with Crippen LogP contribution < -0.4 is 16.6 Å². The fourth-order valence-corrected chi connectivity index (χ4v) is 2.11. The molecule has 6 heteroatoms. The fourth-order valence-electron chi connectivity index (χ4n) is 2.11. The number of nitrogen functional groups attached to an aromatic ring is 1. The molecule has 0 atom stereocenters. The second-order valence-corrected chi connectivity index (χ2v) is 4.67. The number of amides is 1. The third-order valence-corrected chi connectivity index (χ3v) is 3.17. The van der Waals surface area contributed by atoms with Crippen molar-refractivity contribution in [1.82, 2.24) is 10.3 Å². The molecule has 0 aliphatic carbocycles. The van der Waals surface area contributed by atoms with Gasteiger partial charge in [0.25, 0.3) is 5.91 Å². The van der Waals surface area contributed by atoms with Crippen LogP contribution in [0.2, 0.25) is 0 Å². The summed E-state index contributed by atoms with van der Waals surface area (Å²) in [6.07, 6.45) is 1.80. The van der Waals surface area contributed by atoms with Gasteiger partial charge in [-0.2, -0.15) is 0 Å². The van der Waals surface area contributed by atoms with Crippen molar-refractivity contribution in [2.24, 2.45) is 5.84 Å². The lowest BCUT2D eigenvalue weighted by Crippen LogP contribution is -2.25. The van der Waals surface area contributed by atoms with Crippen LogP contribution in [0.5, 0.6) is 0 Å². The lowest BCUT2D eigenvalue weighted by atomic mass is 10.1. The van der Waals surface area contributed by atoms with E-state index in [0.717, 1.165) is 23.7 Å². The molecule has 1 aromatic heterocycles. The number of pyridine rings is 1. The predicted molar refractivity (Wildman–Crippen MR) is 83.0 cm³/mol. The molecule has 0 radical (unpaired) electrons. The molecule has 0 unspecified atom stereocenters. The zero-order chi connectivity index (χ0) is 15.1. The van der Waals surface area contributed by atoms with Gasteiger partial charge in [0.05, 0.1) is 11.1 Å². The molecule has 2 aromatic rings. The number of ether oxygens (including phenoxy) is 1. The van der Waals surface area contributed by atoms with Crippen molar-refractivity contribution < 1.29 is 9.53 Å². The average molecular weight is 288 g/mol. The lowest BCUT2D eigenvalue weighted by molar-refractivity contribution is 0.0953. The number of anilines is 1. The molecule has 21 heavy (non-hydrogen) atoms. The molecule has 0 aliphatic rings. The molecule has 0 fully saturated rings. The summed E-state index contributed by atoms with van der Waals surface area (Å²) in [6.45, 7) is 1.32. The molecule has 1 heterocycles. The van der Waals surface area contributed by atoms with Gasteiger partial charge in [-0.3, -0.25) is 4.79 Å². The highest BCUT2D eigenvalue weighted by atomic mass is 16.5.